The number of aromatic nitrogens is 2. The van der Waals surface area contributed by atoms with E-state index in [0.717, 1.165) is 5.56 Å². The largest absolute Gasteiger partial charge is 0.319 e. The zero-order valence-electron chi connectivity index (χ0n) is 14.0. The predicted octanol–water partition coefficient (Wildman–Crippen LogP) is 5.45. The fraction of sp³-hybridized carbons (Fsp3) is 0. The lowest BCUT2D eigenvalue weighted by atomic mass is 10.0. The summed E-state index contributed by atoms with van der Waals surface area (Å²) in [6.45, 7) is 0. The number of para-hydroxylation sites is 1. The Morgan fingerprint density at radius 2 is 1.78 bits per heavy atom. The molecule has 0 atom stereocenters. The molecule has 0 bridgehead atoms. The molecule has 4 rings (SSSR count). The van der Waals surface area contributed by atoms with E-state index in [0.29, 0.717) is 26.6 Å². The van der Waals surface area contributed by atoms with Crippen molar-refractivity contribution in [3.05, 3.63) is 88.9 Å². The van der Waals surface area contributed by atoms with Gasteiger partial charge in [-0.25, -0.2) is 9.37 Å². The van der Waals surface area contributed by atoms with Crippen molar-refractivity contribution in [3.8, 4) is 11.3 Å². The van der Waals surface area contributed by atoms with Gasteiger partial charge in [0.2, 0.25) is 0 Å². The normalized spacial score (nSPS) is 10.7. The number of nitrogens with one attached hydrogen (secondary N) is 1. The number of fused-ring (bicyclic) bond motifs is 1. The number of amides is 1. The molecule has 0 unspecified atom stereocenters. The summed E-state index contributed by atoms with van der Waals surface area (Å²) >= 11 is 3.21. The molecule has 0 aliphatic rings. The van der Waals surface area contributed by atoms with E-state index in [2.05, 4.69) is 31.2 Å². The number of carbonyl (C=O) groups is 1. The van der Waals surface area contributed by atoms with Crippen molar-refractivity contribution < 1.29 is 9.18 Å². The maximum atomic E-state index is 14.1. The summed E-state index contributed by atoms with van der Waals surface area (Å²) in [5.41, 5.74) is 2.73. The van der Waals surface area contributed by atoms with Gasteiger partial charge < -0.3 is 5.32 Å². The second-order valence-corrected chi connectivity index (χ2v) is 6.80. The Morgan fingerprint density at radius 1 is 1.00 bits per heavy atom. The van der Waals surface area contributed by atoms with Crippen LogP contribution < -0.4 is 5.32 Å². The van der Waals surface area contributed by atoms with Crippen LogP contribution in [0.3, 0.4) is 0 Å². The third kappa shape index (κ3) is 3.57. The lowest BCUT2D eigenvalue weighted by Crippen LogP contribution is -2.14. The lowest BCUT2D eigenvalue weighted by molar-refractivity contribution is 0.102. The van der Waals surface area contributed by atoms with Gasteiger partial charge in [0.25, 0.3) is 5.91 Å². The molecule has 0 radical (unpaired) electrons. The van der Waals surface area contributed by atoms with E-state index in [9.17, 15) is 9.18 Å². The molecule has 0 saturated heterocycles. The summed E-state index contributed by atoms with van der Waals surface area (Å²) < 4.78 is 14.7. The van der Waals surface area contributed by atoms with Crippen LogP contribution in [-0.2, 0) is 0 Å². The molecule has 0 aliphatic carbocycles. The average molecular weight is 422 g/mol. The molecule has 6 heteroatoms. The molecule has 2 aromatic carbocycles. The predicted molar refractivity (Wildman–Crippen MR) is 107 cm³/mol. The van der Waals surface area contributed by atoms with E-state index >= 15 is 0 Å². The number of nitrogens with zero attached hydrogens (tertiary/aromatic N) is 2. The first-order chi connectivity index (χ1) is 13.1. The van der Waals surface area contributed by atoms with Crippen LogP contribution >= 0.6 is 15.9 Å². The van der Waals surface area contributed by atoms with Crippen molar-refractivity contribution in [2.24, 2.45) is 0 Å². The lowest BCUT2D eigenvalue weighted by Gasteiger charge is -2.11. The number of pyridine rings is 2. The van der Waals surface area contributed by atoms with Crippen LogP contribution in [0.2, 0.25) is 0 Å². The molecule has 0 aliphatic heterocycles. The number of rotatable bonds is 3. The molecule has 27 heavy (non-hydrogen) atoms. The third-order valence-electron chi connectivity index (χ3n) is 4.12. The number of halogens is 2. The summed E-state index contributed by atoms with van der Waals surface area (Å²) in [7, 11) is 0. The number of hydrogen-bond donors (Lipinski definition) is 1. The van der Waals surface area contributed by atoms with Crippen molar-refractivity contribution >= 4 is 38.4 Å². The highest BCUT2D eigenvalue weighted by Crippen LogP contribution is 2.26. The van der Waals surface area contributed by atoms with Crippen molar-refractivity contribution in [2.75, 3.05) is 5.32 Å². The van der Waals surface area contributed by atoms with Gasteiger partial charge in [-0.15, -0.1) is 0 Å². The van der Waals surface area contributed by atoms with Crippen LogP contribution in [0.25, 0.3) is 22.2 Å². The Kier molecular flexibility index (Phi) is 4.64. The summed E-state index contributed by atoms with van der Waals surface area (Å²) in [5.74, 6) is -0.907. The van der Waals surface area contributed by atoms with Gasteiger partial charge in [0, 0.05) is 27.8 Å². The number of carbonyl (C=O) groups excluding carboxylic acids is 1. The van der Waals surface area contributed by atoms with Crippen LogP contribution in [0.1, 0.15) is 10.4 Å². The topological polar surface area (TPSA) is 54.9 Å². The number of benzene rings is 2. The number of hydrogen-bond acceptors (Lipinski definition) is 3. The summed E-state index contributed by atoms with van der Waals surface area (Å²) in [4.78, 5) is 21.6. The molecule has 132 valence electrons. The molecule has 1 amide bonds. The Hall–Kier alpha value is -3.12. The van der Waals surface area contributed by atoms with Crippen LogP contribution in [0.5, 0.6) is 0 Å². The second-order valence-electron chi connectivity index (χ2n) is 5.89. The first-order valence-corrected chi connectivity index (χ1v) is 8.98. The Labute approximate surface area is 163 Å². The van der Waals surface area contributed by atoms with E-state index in [1.807, 2.05) is 36.4 Å². The Bertz CT molecular complexity index is 1150. The van der Waals surface area contributed by atoms with Crippen LogP contribution in [0.4, 0.5) is 10.1 Å². The molecule has 0 saturated carbocycles. The van der Waals surface area contributed by atoms with E-state index in [1.54, 1.807) is 24.5 Å². The highest BCUT2D eigenvalue weighted by Gasteiger charge is 2.15. The Balaban J connectivity index is 1.81. The SMILES string of the molecule is O=C(Nc1ccc(Br)cc1F)c1cc(-c2ccncc2)nc2ccccc12. The molecular formula is C21H13BrFN3O. The highest BCUT2D eigenvalue weighted by molar-refractivity contribution is 9.10. The third-order valence-corrected chi connectivity index (χ3v) is 4.61. The maximum absolute atomic E-state index is 14.1. The van der Waals surface area contributed by atoms with Crippen molar-refractivity contribution in [1.82, 2.24) is 9.97 Å². The molecule has 4 nitrogen and oxygen atoms in total. The van der Waals surface area contributed by atoms with E-state index < -0.39 is 11.7 Å². The minimum atomic E-state index is -0.509. The smallest absolute Gasteiger partial charge is 0.256 e. The summed E-state index contributed by atoms with van der Waals surface area (Å²) in [6.07, 6.45) is 3.34. The maximum Gasteiger partial charge on any atom is 0.256 e. The average Bonchev–Trinajstić information content (AvgIpc) is 2.70. The Morgan fingerprint density at radius 3 is 2.56 bits per heavy atom. The van der Waals surface area contributed by atoms with E-state index in [-0.39, 0.29) is 5.69 Å². The van der Waals surface area contributed by atoms with Gasteiger partial charge in [-0.1, -0.05) is 34.1 Å². The first kappa shape index (κ1) is 17.3. The fourth-order valence-corrected chi connectivity index (χ4v) is 3.15. The zero-order valence-corrected chi connectivity index (χ0v) is 15.6. The van der Waals surface area contributed by atoms with Crippen molar-refractivity contribution in [1.29, 1.82) is 0 Å². The molecule has 0 spiro atoms. The minimum Gasteiger partial charge on any atom is -0.319 e. The van der Waals surface area contributed by atoms with Gasteiger partial charge in [-0.2, -0.15) is 0 Å². The highest BCUT2D eigenvalue weighted by atomic mass is 79.9. The molecular weight excluding hydrogens is 409 g/mol. The van der Waals surface area contributed by atoms with Crippen LogP contribution in [0.15, 0.2) is 77.5 Å². The van der Waals surface area contributed by atoms with Crippen LogP contribution in [-0.4, -0.2) is 15.9 Å². The van der Waals surface area contributed by atoms with Crippen molar-refractivity contribution in [3.63, 3.8) is 0 Å². The van der Waals surface area contributed by atoms with Gasteiger partial charge >= 0.3 is 0 Å². The van der Waals surface area contributed by atoms with Gasteiger partial charge in [-0.3, -0.25) is 9.78 Å². The minimum absolute atomic E-state index is 0.120. The second kappa shape index (κ2) is 7.25. The number of anilines is 1. The van der Waals surface area contributed by atoms with Crippen LogP contribution in [0, 0.1) is 5.82 Å². The molecule has 1 N–H and O–H groups in total. The van der Waals surface area contributed by atoms with Gasteiger partial charge in [0.1, 0.15) is 5.82 Å². The summed E-state index contributed by atoms with van der Waals surface area (Å²) in [5, 5.41) is 3.35. The monoisotopic (exact) mass is 421 g/mol. The van der Waals surface area contributed by atoms with E-state index in [1.165, 1.54) is 12.1 Å². The first-order valence-electron chi connectivity index (χ1n) is 8.18. The molecule has 0 fully saturated rings. The molecule has 2 heterocycles. The fourth-order valence-electron chi connectivity index (χ4n) is 2.81. The quantitative estimate of drug-likeness (QED) is 0.478. The molecule has 4 aromatic rings. The van der Waals surface area contributed by atoms with E-state index in [4.69, 9.17) is 0 Å². The van der Waals surface area contributed by atoms with Crippen molar-refractivity contribution in [2.45, 2.75) is 0 Å². The summed E-state index contributed by atoms with van der Waals surface area (Å²) in [6, 6.07) is 17.2. The van der Waals surface area contributed by atoms with Gasteiger partial charge in [0.05, 0.1) is 22.5 Å². The zero-order chi connectivity index (χ0) is 18.8. The standard InChI is InChI=1S/C21H13BrFN3O/c22-14-5-6-19(17(23)11-14)26-21(27)16-12-20(13-7-9-24-10-8-13)25-18-4-2-1-3-15(16)18/h1-12H,(H,26,27). The molecule has 2 aromatic heterocycles. The van der Waals surface area contributed by atoms with Gasteiger partial charge in [0.15, 0.2) is 0 Å². The van der Waals surface area contributed by atoms with Gasteiger partial charge in [-0.05, 0) is 42.5 Å².